The molecule has 92 valence electrons. The molecule has 1 aromatic rings. The van der Waals surface area contributed by atoms with E-state index in [1.54, 1.807) is 6.07 Å². The van der Waals surface area contributed by atoms with Crippen molar-refractivity contribution < 1.29 is 9.32 Å². The fourth-order valence-corrected chi connectivity index (χ4v) is 1.80. The van der Waals surface area contributed by atoms with Crippen LogP contribution in [0.4, 0.5) is 0 Å². The summed E-state index contributed by atoms with van der Waals surface area (Å²) in [4.78, 5) is 13.8. The van der Waals surface area contributed by atoms with Crippen molar-refractivity contribution in [3.63, 3.8) is 0 Å². The highest BCUT2D eigenvalue weighted by atomic mass is 16.5. The SMILES string of the molecule is O=C(Cc1ccon1)NCCN1CC=CCC1. The highest BCUT2D eigenvalue weighted by molar-refractivity contribution is 5.77. The van der Waals surface area contributed by atoms with Gasteiger partial charge in [0, 0.05) is 32.2 Å². The molecule has 2 rings (SSSR count). The second-order valence-corrected chi connectivity index (χ2v) is 4.08. The first kappa shape index (κ1) is 11.9. The van der Waals surface area contributed by atoms with Gasteiger partial charge in [-0.1, -0.05) is 17.3 Å². The molecule has 0 aliphatic carbocycles. The summed E-state index contributed by atoms with van der Waals surface area (Å²) >= 11 is 0. The van der Waals surface area contributed by atoms with Gasteiger partial charge in [0.05, 0.1) is 12.1 Å². The molecule has 2 heterocycles. The number of aromatic nitrogens is 1. The number of nitrogens with zero attached hydrogens (tertiary/aromatic N) is 2. The van der Waals surface area contributed by atoms with E-state index in [0.29, 0.717) is 12.2 Å². The maximum Gasteiger partial charge on any atom is 0.226 e. The molecule has 1 N–H and O–H groups in total. The molecule has 0 radical (unpaired) electrons. The van der Waals surface area contributed by atoms with Crippen LogP contribution in [0.5, 0.6) is 0 Å². The van der Waals surface area contributed by atoms with Crippen LogP contribution in [-0.2, 0) is 11.2 Å². The van der Waals surface area contributed by atoms with E-state index in [-0.39, 0.29) is 12.3 Å². The Morgan fingerprint density at radius 2 is 2.47 bits per heavy atom. The van der Waals surface area contributed by atoms with Gasteiger partial charge >= 0.3 is 0 Å². The van der Waals surface area contributed by atoms with Crippen molar-refractivity contribution in [2.45, 2.75) is 12.8 Å². The summed E-state index contributed by atoms with van der Waals surface area (Å²) in [6, 6.07) is 1.70. The quantitative estimate of drug-likeness (QED) is 0.759. The first-order valence-corrected chi connectivity index (χ1v) is 5.88. The number of nitrogens with one attached hydrogen (secondary N) is 1. The van der Waals surface area contributed by atoms with Crippen LogP contribution in [0.15, 0.2) is 29.0 Å². The smallest absolute Gasteiger partial charge is 0.226 e. The minimum Gasteiger partial charge on any atom is -0.364 e. The predicted octanol–water partition coefficient (Wildman–Crippen LogP) is 0.595. The number of amides is 1. The van der Waals surface area contributed by atoms with Crippen molar-refractivity contribution in [3.8, 4) is 0 Å². The Morgan fingerprint density at radius 1 is 1.53 bits per heavy atom. The molecular formula is C12H17N3O2. The zero-order chi connectivity index (χ0) is 11.9. The summed E-state index contributed by atoms with van der Waals surface area (Å²) in [6.07, 6.45) is 7.23. The lowest BCUT2D eigenvalue weighted by atomic mass is 10.2. The van der Waals surface area contributed by atoms with Gasteiger partial charge in [0.15, 0.2) is 0 Å². The Hall–Kier alpha value is -1.62. The molecule has 1 aliphatic rings. The van der Waals surface area contributed by atoms with E-state index in [0.717, 1.165) is 26.1 Å². The fraction of sp³-hybridized carbons (Fsp3) is 0.500. The largest absolute Gasteiger partial charge is 0.364 e. The Bertz CT molecular complexity index is 373. The maximum atomic E-state index is 11.5. The molecule has 0 bridgehead atoms. The molecule has 0 saturated carbocycles. The average molecular weight is 235 g/mol. The first-order chi connectivity index (χ1) is 8.34. The Morgan fingerprint density at radius 3 is 3.18 bits per heavy atom. The van der Waals surface area contributed by atoms with Crippen LogP contribution in [0.2, 0.25) is 0 Å². The third-order valence-electron chi connectivity index (χ3n) is 2.73. The minimum atomic E-state index is -0.00792. The highest BCUT2D eigenvalue weighted by Crippen LogP contribution is 1.99. The molecule has 5 heteroatoms. The van der Waals surface area contributed by atoms with Gasteiger partial charge in [0.2, 0.25) is 5.91 Å². The summed E-state index contributed by atoms with van der Waals surface area (Å²) in [7, 11) is 0. The number of hydrogen-bond donors (Lipinski definition) is 1. The van der Waals surface area contributed by atoms with Crippen LogP contribution in [0.1, 0.15) is 12.1 Å². The van der Waals surface area contributed by atoms with Crippen molar-refractivity contribution in [3.05, 3.63) is 30.2 Å². The summed E-state index contributed by atoms with van der Waals surface area (Å²) < 4.78 is 4.67. The van der Waals surface area contributed by atoms with Gasteiger partial charge in [-0.15, -0.1) is 0 Å². The number of carbonyl (C=O) groups is 1. The van der Waals surface area contributed by atoms with Crippen LogP contribution in [0.3, 0.4) is 0 Å². The van der Waals surface area contributed by atoms with Crippen molar-refractivity contribution in [1.29, 1.82) is 0 Å². The lowest BCUT2D eigenvalue weighted by Gasteiger charge is -2.22. The first-order valence-electron chi connectivity index (χ1n) is 5.88. The molecule has 1 aromatic heterocycles. The van der Waals surface area contributed by atoms with E-state index in [9.17, 15) is 4.79 Å². The van der Waals surface area contributed by atoms with Crippen LogP contribution in [0, 0.1) is 0 Å². The maximum absolute atomic E-state index is 11.5. The van der Waals surface area contributed by atoms with Gasteiger partial charge in [0.25, 0.3) is 0 Å². The van der Waals surface area contributed by atoms with E-state index in [4.69, 9.17) is 0 Å². The third kappa shape index (κ3) is 4.03. The fourth-order valence-electron chi connectivity index (χ4n) is 1.80. The zero-order valence-electron chi connectivity index (χ0n) is 9.76. The molecule has 0 spiro atoms. The second-order valence-electron chi connectivity index (χ2n) is 4.08. The lowest BCUT2D eigenvalue weighted by molar-refractivity contribution is -0.120. The Kier molecular flexibility index (Phi) is 4.32. The van der Waals surface area contributed by atoms with Crippen molar-refractivity contribution >= 4 is 5.91 Å². The third-order valence-corrected chi connectivity index (χ3v) is 2.73. The number of carbonyl (C=O) groups excluding carboxylic acids is 1. The normalized spacial score (nSPS) is 16.0. The number of rotatable bonds is 5. The average Bonchev–Trinajstić information content (AvgIpc) is 2.83. The Balaban J connectivity index is 1.61. The standard InChI is InChI=1S/C12H17N3O2/c16-12(10-11-4-9-17-14-11)13-5-8-15-6-2-1-3-7-15/h1-2,4,9H,3,5-8,10H2,(H,13,16). The molecular weight excluding hydrogens is 218 g/mol. The van der Waals surface area contributed by atoms with Crippen molar-refractivity contribution in [2.75, 3.05) is 26.2 Å². The summed E-state index contributed by atoms with van der Waals surface area (Å²) in [5, 5.41) is 6.58. The van der Waals surface area contributed by atoms with Gasteiger partial charge in [-0.2, -0.15) is 0 Å². The van der Waals surface area contributed by atoms with E-state index in [1.807, 2.05) is 0 Å². The molecule has 0 aromatic carbocycles. The Labute approximate surface area is 100 Å². The molecule has 0 unspecified atom stereocenters. The van der Waals surface area contributed by atoms with Gasteiger partial charge in [-0.3, -0.25) is 9.69 Å². The topological polar surface area (TPSA) is 58.4 Å². The molecule has 0 fully saturated rings. The molecule has 1 aliphatic heterocycles. The summed E-state index contributed by atoms with van der Waals surface area (Å²) in [5.41, 5.74) is 0.670. The molecule has 17 heavy (non-hydrogen) atoms. The van der Waals surface area contributed by atoms with E-state index in [2.05, 4.69) is 32.0 Å². The van der Waals surface area contributed by atoms with Gasteiger partial charge in [0.1, 0.15) is 6.26 Å². The van der Waals surface area contributed by atoms with Gasteiger partial charge in [-0.05, 0) is 6.42 Å². The number of hydrogen-bond acceptors (Lipinski definition) is 4. The van der Waals surface area contributed by atoms with Crippen molar-refractivity contribution in [2.24, 2.45) is 0 Å². The summed E-state index contributed by atoms with van der Waals surface area (Å²) in [6.45, 7) is 3.65. The molecule has 0 atom stereocenters. The van der Waals surface area contributed by atoms with Crippen LogP contribution in [0.25, 0.3) is 0 Å². The van der Waals surface area contributed by atoms with Gasteiger partial charge < -0.3 is 9.84 Å². The molecule has 0 saturated heterocycles. The lowest BCUT2D eigenvalue weighted by Crippen LogP contribution is -2.37. The van der Waals surface area contributed by atoms with Crippen molar-refractivity contribution in [1.82, 2.24) is 15.4 Å². The van der Waals surface area contributed by atoms with E-state index in [1.165, 1.54) is 6.26 Å². The van der Waals surface area contributed by atoms with Crippen LogP contribution < -0.4 is 5.32 Å². The monoisotopic (exact) mass is 235 g/mol. The van der Waals surface area contributed by atoms with Gasteiger partial charge in [-0.25, -0.2) is 0 Å². The molecule has 5 nitrogen and oxygen atoms in total. The predicted molar refractivity (Wildman–Crippen MR) is 63.4 cm³/mol. The molecule has 1 amide bonds. The zero-order valence-corrected chi connectivity index (χ0v) is 9.76. The minimum absolute atomic E-state index is 0.00792. The van der Waals surface area contributed by atoms with Crippen LogP contribution in [-0.4, -0.2) is 42.1 Å². The second kappa shape index (κ2) is 6.20. The summed E-state index contributed by atoms with van der Waals surface area (Å²) in [5.74, 6) is -0.00792. The van der Waals surface area contributed by atoms with E-state index >= 15 is 0 Å². The highest BCUT2D eigenvalue weighted by Gasteiger charge is 2.08. The van der Waals surface area contributed by atoms with E-state index < -0.39 is 0 Å². The van der Waals surface area contributed by atoms with Crippen LogP contribution >= 0.6 is 0 Å².